The summed E-state index contributed by atoms with van der Waals surface area (Å²) in [6, 6.07) is 2.41. The Morgan fingerprint density at radius 1 is 1.27 bits per heavy atom. The lowest BCUT2D eigenvalue weighted by Crippen LogP contribution is -2.58. The molecule has 1 aliphatic carbocycles. The van der Waals surface area contributed by atoms with Crippen molar-refractivity contribution in [2.75, 3.05) is 31.6 Å². The van der Waals surface area contributed by atoms with E-state index in [9.17, 15) is 14.9 Å². The van der Waals surface area contributed by atoms with E-state index < -0.39 is 0 Å². The van der Waals surface area contributed by atoms with Crippen LogP contribution < -0.4 is 10.2 Å². The van der Waals surface area contributed by atoms with Gasteiger partial charge in [-0.2, -0.15) is 5.26 Å². The van der Waals surface area contributed by atoms with Crippen LogP contribution in [0.1, 0.15) is 75.3 Å². The highest BCUT2D eigenvalue weighted by Crippen LogP contribution is 2.46. The van der Waals surface area contributed by atoms with E-state index in [4.69, 9.17) is 9.72 Å². The molecule has 178 valence electrons. The normalized spacial score (nSPS) is 22.0. The molecule has 2 fully saturated rings. The number of amides is 2. The van der Waals surface area contributed by atoms with Crippen LogP contribution in [-0.4, -0.2) is 60.0 Å². The van der Waals surface area contributed by atoms with E-state index in [0.717, 1.165) is 35.5 Å². The Hall–Kier alpha value is -2.66. The van der Waals surface area contributed by atoms with Gasteiger partial charge in [0.05, 0.1) is 29.5 Å². The molecule has 0 aromatic carbocycles. The van der Waals surface area contributed by atoms with E-state index in [-0.39, 0.29) is 35.8 Å². The van der Waals surface area contributed by atoms with Crippen molar-refractivity contribution in [2.45, 2.75) is 77.5 Å². The van der Waals surface area contributed by atoms with Gasteiger partial charge in [0, 0.05) is 44.6 Å². The second-order valence-corrected chi connectivity index (χ2v) is 10.5. The number of carbonyl (C=O) groups excluding carboxylic acids is 2. The lowest BCUT2D eigenvalue weighted by molar-refractivity contribution is -0.138. The summed E-state index contributed by atoms with van der Waals surface area (Å²) in [5, 5.41) is 12.7. The van der Waals surface area contributed by atoms with Crippen molar-refractivity contribution in [3.63, 3.8) is 0 Å². The number of anilines is 1. The standard InChI is InChI=1S/C25H35N5O3/c1-15(2)20-13-29(8-9-30(20)22(32)10-21(31)27-5)24-18(12-26)17-11-25(3,4)33-14-19(17)23(28-24)16-6-7-16/h15-16,20H,6-11,13-14H2,1-5H3,(H,27,31)/t20-/m0/s1. The quantitative estimate of drug-likeness (QED) is 0.688. The van der Waals surface area contributed by atoms with Crippen LogP contribution in [0.4, 0.5) is 5.82 Å². The minimum Gasteiger partial charge on any atom is -0.370 e. The number of nitrogens with one attached hydrogen (secondary N) is 1. The first-order valence-corrected chi connectivity index (χ1v) is 12.0. The summed E-state index contributed by atoms with van der Waals surface area (Å²) >= 11 is 0. The molecular formula is C25H35N5O3. The van der Waals surface area contributed by atoms with Gasteiger partial charge in [-0.1, -0.05) is 13.8 Å². The van der Waals surface area contributed by atoms with Crippen LogP contribution in [0.3, 0.4) is 0 Å². The Labute approximate surface area is 196 Å². The van der Waals surface area contributed by atoms with Crippen LogP contribution >= 0.6 is 0 Å². The molecule has 1 aromatic rings. The molecule has 0 bridgehead atoms. The lowest BCUT2D eigenvalue weighted by atomic mass is 9.87. The number of hydrogen-bond donors (Lipinski definition) is 1. The fraction of sp³-hybridized carbons (Fsp3) is 0.680. The minimum atomic E-state index is -0.316. The predicted octanol–water partition coefficient (Wildman–Crippen LogP) is 2.49. The lowest BCUT2D eigenvalue weighted by Gasteiger charge is -2.44. The van der Waals surface area contributed by atoms with Gasteiger partial charge in [-0.25, -0.2) is 4.98 Å². The molecule has 8 heteroatoms. The van der Waals surface area contributed by atoms with E-state index in [1.807, 2.05) is 4.90 Å². The first-order valence-electron chi connectivity index (χ1n) is 12.0. The van der Waals surface area contributed by atoms with Gasteiger partial charge in [0.1, 0.15) is 18.3 Å². The minimum absolute atomic E-state index is 0.0515. The van der Waals surface area contributed by atoms with E-state index >= 15 is 0 Å². The SMILES string of the molecule is CNC(=O)CC(=O)N1CCN(c2nc(C3CC3)c3c(c2C#N)CC(C)(C)OC3)C[C@H]1C(C)C. The van der Waals surface area contributed by atoms with Crippen LogP contribution in [0.25, 0.3) is 0 Å². The van der Waals surface area contributed by atoms with Gasteiger partial charge in [0.25, 0.3) is 0 Å². The molecule has 1 aromatic heterocycles. The molecular weight excluding hydrogens is 418 g/mol. The summed E-state index contributed by atoms with van der Waals surface area (Å²) in [7, 11) is 1.54. The highest BCUT2D eigenvalue weighted by Gasteiger charge is 2.39. The van der Waals surface area contributed by atoms with Crippen molar-refractivity contribution in [3.8, 4) is 6.07 Å². The maximum atomic E-state index is 12.8. The number of piperazine rings is 1. The zero-order chi connectivity index (χ0) is 23.9. The smallest absolute Gasteiger partial charge is 0.232 e. The van der Waals surface area contributed by atoms with Gasteiger partial charge in [0.2, 0.25) is 11.8 Å². The van der Waals surface area contributed by atoms with Crippen molar-refractivity contribution in [1.29, 1.82) is 5.26 Å². The van der Waals surface area contributed by atoms with E-state index in [0.29, 0.717) is 44.1 Å². The van der Waals surface area contributed by atoms with Gasteiger partial charge in [-0.3, -0.25) is 9.59 Å². The second kappa shape index (κ2) is 8.94. The number of nitrogens with zero attached hydrogens (tertiary/aromatic N) is 4. The van der Waals surface area contributed by atoms with Crippen LogP contribution in [0, 0.1) is 17.2 Å². The van der Waals surface area contributed by atoms with Crippen LogP contribution in [0.15, 0.2) is 0 Å². The van der Waals surface area contributed by atoms with Gasteiger partial charge < -0.3 is 19.9 Å². The van der Waals surface area contributed by atoms with Gasteiger partial charge in [-0.05, 0) is 38.2 Å². The van der Waals surface area contributed by atoms with Crippen LogP contribution in [0.5, 0.6) is 0 Å². The summed E-state index contributed by atoms with van der Waals surface area (Å²) in [5.74, 6) is 0.988. The Bertz CT molecular complexity index is 993. The zero-order valence-corrected chi connectivity index (χ0v) is 20.4. The Balaban J connectivity index is 1.68. The maximum absolute atomic E-state index is 12.8. The third-order valence-corrected chi connectivity index (χ3v) is 7.11. The Morgan fingerprint density at radius 3 is 2.61 bits per heavy atom. The Morgan fingerprint density at radius 2 is 2.00 bits per heavy atom. The predicted molar refractivity (Wildman–Crippen MR) is 125 cm³/mol. The molecule has 8 nitrogen and oxygen atoms in total. The molecule has 4 rings (SSSR count). The first-order chi connectivity index (χ1) is 15.6. The van der Waals surface area contributed by atoms with Gasteiger partial charge >= 0.3 is 0 Å². The molecule has 1 saturated carbocycles. The zero-order valence-electron chi connectivity index (χ0n) is 20.4. The fourth-order valence-corrected chi connectivity index (χ4v) is 5.03. The third kappa shape index (κ3) is 4.70. The average molecular weight is 454 g/mol. The summed E-state index contributed by atoms with van der Waals surface area (Å²) in [6.45, 7) is 10.5. The van der Waals surface area contributed by atoms with Crippen molar-refractivity contribution in [3.05, 3.63) is 22.4 Å². The van der Waals surface area contributed by atoms with E-state index in [1.54, 1.807) is 7.05 Å². The summed E-state index contributed by atoms with van der Waals surface area (Å²) in [6.07, 6.45) is 2.81. The number of ether oxygens (including phenoxy) is 1. The monoisotopic (exact) mass is 453 g/mol. The Kier molecular flexibility index (Phi) is 6.37. The van der Waals surface area contributed by atoms with Crippen molar-refractivity contribution < 1.29 is 14.3 Å². The first kappa shape index (κ1) is 23.5. The number of carbonyl (C=O) groups is 2. The molecule has 3 aliphatic rings. The average Bonchev–Trinajstić information content (AvgIpc) is 3.62. The molecule has 3 heterocycles. The number of aromatic nitrogens is 1. The largest absolute Gasteiger partial charge is 0.370 e. The van der Waals surface area contributed by atoms with E-state index in [2.05, 4.69) is 44.0 Å². The van der Waals surface area contributed by atoms with Gasteiger partial charge in [-0.15, -0.1) is 0 Å². The fourth-order valence-electron chi connectivity index (χ4n) is 5.03. The molecule has 0 radical (unpaired) electrons. The summed E-state index contributed by atoms with van der Waals surface area (Å²) in [4.78, 5) is 33.7. The number of hydrogen-bond acceptors (Lipinski definition) is 6. The molecule has 2 amide bonds. The number of nitriles is 1. The van der Waals surface area contributed by atoms with Crippen LogP contribution in [0.2, 0.25) is 0 Å². The second-order valence-electron chi connectivity index (χ2n) is 10.5. The molecule has 2 aliphatic heterocycles. The molecule has 1 atom stereocenters. The summed E-state index contributed by atoms with van der Waals surface area (Å²) in [5.41, 5.74) is 3.62. The summed E-state index contributed by atoms with van der Waals surface area (Å²) < 4.78 is 6.09. The van der Waals surface area contributed by atoms with Crippen LogP contribution in [-0.2, 0) is 27.4 Å². The third-order valence-electron chi connectivity index (χ3n) is 7.11. The number of pyridine rings is 1. The molecule has 33 heavy (non-hydrogen) atoms. The van der Waals surface area contributed by atoms with E-state index in [1.165, 1.54) is 0 Å². The van der Waals surface area contributed by atoms with Crippen molar-refractivity contribution in [1.82, 2.24) is 15.2 Å². The molecule has 1 N–H and O–H groups in total. The molecule has 0 spiro atoms. The highest BCUT2D eigenvalue weighted by atomic mass is 16.5. The maximum Gasteiger partial charge on any atom is 0.232 e. The molecule has 1 saturated heterocycles. The molecule has 0 unspecified atom stereocenters. The topological polar surface area (TPSA) is 98.6 Å². The number of fused-ring (bicyclic) bond motifs is 1. The highest BCUT2D eigenvalue weighted by molar-refractivity contribution is 5.97. The van der Waals surface area contributed by atoms with Gasteiger partial charge in [0.15, 0.2) is 0 Å². The van der Waals surface area contributed by atoms with Crippen molar-refractivity contribution in [2.24, 2.45) is 5.92 Å². The number of rotatable bonds is 5. The van der Waals surface area contributed by atoms with Crippen molar-refractivity contribution >= 4 is 17.6 Å².